The van der Waals surface area contributed by atoms with Gasteiger partial charge in [0.05, 0.1) is 5.69 Å². The summed E-state index contributed by atoms with van der Waals surface area (Å²) in [5, 5.41) is 1.96. The predicted molar refractivity (Wildman–Crippen MR) is 84.7 cm³/mol. The smallest absolute Gasteiger partial charge is 0.391 e. The molecule has 2 aromatic heterocycles. The molecular weight excluding hydrogens is 278 g/mol. The molecule has 0 saturated heterocycles. The number of carbonyl (C=O) groups is 1. The van der Waals surface area contributed by atoms with E-state index in [1.807, 2.05) is 36.4 Å². The molecule has 0 aliphatic carbocycles. The molecule has 0 radical (unpaired) electrons. The molecule has 0 N–H and O–H groups in total. The van der Waals surface area contributed by atoms with Crippen LogP contribution in [-0.2, 0) is 0 Å². The van der Waals surface area contributed by atoms with Crippen molar-refractivity contribution in [2.75, 3.05) is 14.1 Å². The van der Waals surface area contributed by atoms with Gasteiger partial charge in [0.15, 0.2) is 0 Å². The van der Waals surface area contributed by atoms with Crippen molar-refractivity contribution in [3.8, 4) is 17.1 Å². The molecule has 1 aromatic carbocycles. The molecule has 5 nitrogen and oxygen atoms in total. The van der Waals surface area contributed by atoms with Crippen molar-refractivity contribution >= 4 is 16.9 Å². The minimum absolute atomic E-state index is 0.282. The van der Waals surface area contributed by atoms with E-state index in [0.29, 0.717) is 0 Å². The Bertz CT molecular complexity index is 817. The zero-order valence-electron chi connectivity index (χ0n) is 12.4. The molecule has 22 heavy (non-hydrogen) atoms. The zero-order valence-corrected chi connectivity index (χ0v) is 12.4. The van der Waals surface area contributed by atoms with Crippen LogP contribution in [0.4, 0.5) is 4.79 Å². The average molecular weight is 293 g/mol. The first-order valence-corrected chi connectivity index (χ1v) is 6.84. The number of ether oxygens (including phenoxy) is 1. The molecule has 0 spiro atoms. The number of hydrogen-bond donors (Lipinski definition) is 0. The minimum atomic E-state index is -0.455. The number of aromatic nitrogens is 2. The summed E-state index contributed by atoms with van der Waals surface area (Å²) in [6.07, 6.45) is 2.97. The van der Waals surface area contributed by atoms with Gasteiger partial charge in [-0.15, -0.1) is 0 Å². The van der Waals surface area contributed by atoms with Crippen LogP contribution in [0.25, 0.3) is 22.0 Å². The normalized spacial score (nSPS) is 10.5. The van der Waals surface area contributed by atoms with Gasteiger partial charge in [0, 0.05) is 43.5 Å². The van der Waals surface area contributed by atoms with Gasteiger partial charge in [-0.2, -0.15) is 0 Å². The molecule has 0 atom stereocenters. The molecule has 0 aliphatic heterocycles. The SMILES string of the molecule is CN(C)C(=O)Oc1cc2ccccc2c(-c2ccncc2)n1. The second-order valence-electron chi connectivity index (χ2n) is 5.03. The van der Waals surface area contributed by atoms with E-state index >= 15 is 0 Å². The van der Waals surface area contributed by atoms with Crippen molar-refractivity contribution in [1.82, 2.24) is 14.9 Å². The first-order chi connectivity index (χ1) is 10.6. The van der Waals surface area contributed by atoms with Gasteiger partial charge < -0.3 is 9.64 Å². The fraction of sp³-hybridized carbons (Fsp3) is 0.118. The lowest BCUT2D eigenvalue weighted by atomic mass is 10.1. The number of pyridine rings is 2. The molecule has 3 rings (SSSR count). The Balaban J connectivity index is 2.15. The van der Waals surface area contributed by atoms with Crippen LogP contribution >= 0.6 is 0 Å². The summed E-state index contributed by atoms with van der Waals surface area (Å²) >= 11 is 0. The second kappa shape index (κ2) is 5.81. The van der Waals surface area contributed by atoms with Crippen molar-refractivity contribution in [2.45, 2.75) is 0 Å². The van der Waals surface area contributed by atoms with Crippen LogP contribution < -0.4 is 4.74 Å². The van der Waals surface area contributed by atoms with E-state index in [0.717, 1.165) is 22.0 Å². The van der Waals surface area contributed by atoms with E-state index in [1.165, 1.54) is 4.90 Å². The Hall–Kier alpha value is -2.95. The Labute approximate surface area is 128 Å². The van der Waals surface area contributed by atoms with E-state index in [2.05, 4.69) is 9.97 Å². The van der Waals surface area contributed by atoms with Crippen LogP contribution in [-0.4, -0.2) is 35.1 Å². The standard InChI is InChI=1S/C17H15N3O2/c1-20(2)17(21)22-15-11-13-5-3-4-6-14(13)16(19-15)12-7-9-18-10-8-12/h3-11H,1-2H3. The average Bonchev–Trinajstić information content (AvgIpc) is 2.55. The van der Waals surface area contributed by atoms with E-state index in [1.54, 1.807) is 32.6 Å². The molecular formula is C17H15N3O2. The van der Waals surface area contributed by atoms with Crippen molar-refractivity contribution in [2.24, 2.45) is 0 Å². The molecule has 1 amide bonds. The van der Waals surface area contributed by atoms with Gasteiger partial charge in [-0.05, 0) is 17.5 Å². The Kier molecular flexibility index (Phi) is 3.70. The van der Waals surface area contributed by atoms with Crippen LogP contribution in [0.1, 0.15) is 0 Å². The van der Waals surface area contributed by atoms with Gasteiger partial charge in [0.25, 0.3) is 0 Å². The molecule has 0 fully saturated rings. The van der Waals surface area contributed by atoms with Crippen molar-refractivity contribution in [3.05, 3.63) is 54.9 Å². The zero-order chi connectivity index (χ0) is 15.5. The fourth-order valence-corrected chi connectivity index (χ4v) is 2.14. The topological polar surface area (TPSA) is 55.3 Å². The van der Waals surface area contributed by atoms with Gasteiger partial charge in [-0.25, -0.2) is 9.78 Å². The van der Waals surface area contributed by atoms with Crippen LogP contribution in [0.15, 0.2) is 54.9 Å². The van der Waals surface area contributed by atoms with E-state index < -0.39 is 6.09 Å². The highest BCUT2D eigenvalue weighted by Crippen LogP contribution is 2.29. The Morgan fingerprint density at radius 3 is 2.55 bits per heavy atom. The van der Waals surface area contributed by atoms with Crippen LogP contribution in [0.2, 0.25) is 0 Å². The highest BCUT2D eigenvalue weighted by Gasteiger charge is 2.12. The van der Waals surface area contributed by atoms with Crippen molar-refractivity contribution in [3.63, 3.8) is 0 Å². The number of amides is 1. The summed E-state index contributed by atoms with van der Waals surface area (Å²) in [4.78, 5) is 21.6. The third-order valence-electron chi connectivity index (χ3n) is 3.23. The monoisotopic (exact) mass is 293 g/mol. The minimum Gasteiger partial charge on any atom is -0.391 e. The molecule has 5 heteroatoms. The van der Waals surface area contributed by atoms with E-state index in [9.17, 15) is 4.79 Å². The van der Waals surface area contributed by atoms with Gasteiger partial charge >= 0.3 is 6.09 Å². The molecule has 0 saturated carbocycles. The highest BCUT2D eigenvalue weighted by atomic mass is 16.6. The quantitative estimate of drug-likeness (QED) is 0.727. The van der Waals surface area contributed by atoms with Gasteiger partial charge in [0.2, 0.25) is 5.88 Å². The number of rotatable bonds is 2. The molecule has 2 heterocycles. The number of hydrogen-bond acceptors (Lipinski definition) is 4. The number of carbonyl (C=O) groups excluding carboxylic acids is 1. The Morgan fingerprint density at radius 2 is 1.82 bits per heavy atom. The lowest BCUT2D eigenvalue weighted by Gasteiger charge is -2.12. The summed E-state index contributed by atoms with van der Waals surface area (Å²) in [7, 11) is 3.26. The first-order valence-electron chi connectivity index (χ1n) is 6.84. The molecule has 110 valence electrons. The summed E-state index contributed by atoms with van der Waals surface area (Å²) in [6, 6.07) is 13.4. The van der Waals surface area contributed by atoms with Crippen LogP contribution in [0.3, 0.4) is 0 Å². The summed E-state index contributed by atoms with van der Waals surface area (Å²) < 4.78 is 5.31. The number of benzene rings is 1. The summed E-state index contributed by atoms with van der Waals surface area (Å²) in [5.74, 6) is 0.282. The maximum Gasteiger partial charge on any atom is 0.416 e. The molecule has 0 aliphatic rings. The number of fused-ring (bicyclic) bond motifs is 1. The highest BCUT2D eigenvalue weighted by molar-refractivity contribution is 5.95. The fourth-order valence-electron chi connectivity index (χ4n) is 2.14. The third-order valence-corrected chi connectivity index (χ3v) is 3.23. The van der Waals surface area contributed by atoms with Crippen molar-refractivity contribution in [1.29, 1.82) is 0 Å². The first kappa shape index (κ1) is 14.0. The van der Waals surface area contributed by atoms with Gasteiger partial charge in [0.1, 0.15) is 0 Å². The maximum absolute atomic E-state index is 11.7. The van der Waals surface area contributed by atoms with Gasteiger partial charge in [-0.1, -0.05) is 24.3 Å². The van der Waals surface area contributed by atoms with Crippen LogP contribution in [0, 0.1) is 0 Å². The summed E-state index contributed by atoms with van der Waals surface area (Å²) in [6.45, 7) is 0. The second-order valence-corrected chi connectivity index (χ2v) is 5.03. The Morgan fingerprint density at radius 1 is 1.09 bits per heavy atom. The lowest BCUT2D eigenvalue weighted by molar-refractivity contribution is 0.170. The molecule has 0 bridgehead atoms. The lowest BCUT2D eigenvalue weighted by Crippen LogP contribution is -2.25. The predicted octanol–water partition coefficient (Wildman–Crippen LogP) is 3.36. The maximum atomic E-state index is 11.7. The summed E-state index contributed by atoms with van der Waals surface area (Å²) in [5.41, 5.74) is 1.69. The van der Waals surface area contributed by atoms with Crippen molar-refractivity contribution < 1.29 is 9.53 Å². The third kappa shape index (κ3) is 2.74. The largest absolute Gasteiger partial charge is 0.416 e. The molecule has 0 unspecified atom stereocenters. The van der Waals surface area contributed by atoms with Gasteiger partial charge in [-0.3, -0.25) is 4.98 Å². The van der Waals surface area contributed by atoms with E-state index in [-0.39, 0.29) is 5.88 Å². The number of nitrogens with zero attached hydrogens (tertiary/aromatic N) is 3. The van der Waals surface area contributed by atoms with E-state index in [4.69, 9.17) is 4.74 Å². The van der Waals surface area contributed by atoms with Crippen LogP contribution in [0.5, 0.6) is 5.88 Å². The molecule has 3 aromatic rings.